The number of ether oxygens (including phenoxy) is 1. The van der Waals surface area contributed by atoms with E-state index < -0.39 is 6.04 Å². The predicted molar refractivity (Wildman–Crippen MR) is 130 cm³/mol. The first-order valence-electron chi connectivity index (χ1n) is 11.5. The minimum absolute atomic E-state index is 0.0343. The van der Waals surface area contributed by atoms with Gasteiger partial charge >= 0.3 is 0 Å². The number of methoxy groups -OCH3 is 1. The van der Waals surface area contributed by atoms with E-state index >= 15 is 0 Å². The zero-order chi connectivity index (χ0) is 23.7. The fourth-order valence-corrected chi connectivity index (χ4v) is 3.47. The summed E-state index contributed by atoms with van der Waals surface area (Å²) in [7, 11) is 1.62. The van der Waals surface area contributed by atoms with E-state index in [1.54, 1.807) is 18.9 Å². The van der Waals surface area contributed by atoms with Gasteiger partial charge in [-0.05, 0) is 54.0 Å². The molecular weight excluding hydrogens is 400 g/mol. The van der Waals surface area contributed by atoms with Crippen LogP contribution in [0.15, 0.2) is 48.5 Å². The molecule has 0 saturated heterocycles. The molecule has 0 heterocycles. The second-order valence-corrected chi connectivity index (χ2v) is 9.08. The average Bonchev–Trinajstić information content (AvgIpc) is 2.79. The van der Waals surface area contributed by atoms with Gasteiger partial charge in [-0.2, -0.15) is 0 Å². The summed E-state index contributed by atoms with van der Waals surface area (Å²) in [6, 6.07) is 15.5. The Bertz CT molecular complexity index is 875. The summed E-state index contributed by atoms with van der Waals surface area (Å²) < 4.78 is 5.32. The largest absolute Gasteiger partial charge is 0.497 e. The lowest BCUT2D eigenvalue weighted by Crippen LogP contribution is -2.48. The smallest absolute Gasteiger partial charge is 0.242 e. The monoisotopic (exact) mass is 438 g/mol. The lowest BCUT2D eigenvalue weighted by Gasteiger charge is -2.29. The Labute approximate surface area is 193 Å². The number of carbonyl (C=O) groups excluding carboxylic acids is 2. The summed E-state index contributed by atoms with van der Waals surface area (Å²) in [5.41, 5.74) is 3.35. The number of hydrogen-bond acceptors (Lipinski definition) is 3. The quantitative estimate of drug-likeness (QED) is 0.541. The van der Waals surface area contributed by atoms with Gasteiger partial charge in [0.25, 0.3) is 0 Å². The van der Waals surface area contributed by atoms with Crippen LogP contribution in [-0.2, 0) is 22.6 Å². The lowest BCUT2D eigenvalue weighted by atomic mass is 10.00. The van der Waals surface area contributed by atoms with Crippen molar-refractivity contribution in [1.82, 2.24) is 10.2 Å². The van der Waals surface area contributed by atoms with Crippen LogP contribution in [-0.4, -0.2) is 36.4 Å². The molecule has 1 N–H and O–H groups in total. The van der Waals surface area contributed by atoms with Crippen LogP contribution in [0.3, 0.4) is 0 Å². The number of rotatable bonds is 11. The highest BCUT2D eigenvalue weighted by atomic mass is 16.5. The maximum Gasteiger partial charge on any atom is 0.242 e. The number of amides is 2. The Morgan fingerprint density at radius 3 is 2.25 bits per heavy atom. The first kappa shape index (κ1) is 25.4. The topological polar surface area (TPSA) is 58.6 Å². The fourth-order valence-electron chi connectivity index (χ4n) is 3.47. The van der Waals surface area contributed by atoms with Crippen molar-refractivity contribution in [2.75, 3.05) is 13.7 Å². The van der Waals surface area contributed by atoms with Crippen molar-refractivity contribution in [2.45, 2.75) is 66.0 Å². The molecule has 32 heavy (non-hydrogen) atoms. The molecule has 2 aromatic rings. The third-order valence-electron chi connectivity index (χ3n) is 5.61. The summed E-state index contributed by atoms with van der Waals surface area (Å²) >= 11 is 0. The molecule has 2 amide bonds. The number of aryl methyl sites for hydroxylation is 1. The molecular formula is C27H38N2O3. The number of benzene rings is 2. The van der Waals surface area contributed by atoms with Crippen LogP contribution in [0.4, 0.5) is 0 Å². The Morgan fingerprint density at radius 1 is 0.969 bits per heavy atom. The summed E-state index contributed by atoms with van der Waals surface area (Å²) in [5.74, 6) is 1.40. The number of hydrogen-bond donors (Lipinski definition) is 1. The van der Waals surface area contributed by atoms with Crippen LogP contribution in [0, 0.1) is 5.92 Å². The molecule has 174 valence electrons. The van der Waals surface area contributed by atoms with Crippen molar-refractivity contribution in [3.8, 4) is 5.75 Å². The van der Waals surface area contributed by atoms with Crippen molar-refractivity contribution in [3.05, 3.63) is 65.2 Å². The second-order valence-electron chi connectivity index (χ2n) is 9.08. The van der Waals surface area contributed by atoms with Crippen molar-refractivity contribution in [3.63, 3.8) is 0 Å². The first-order valence-corrected chi connectivity index (χ1v) is 11.5. The van der Waals surface area contributed by atoms with Gasteiger partial charge in [-0.25, -0.2) is 0 Å². The van der Waals surface area contributed by atoms with Crippen LogP contribution in [0.1, 0.15) is 63.6 Å². The molecule has 0 bridgehead atoms. The van der Waals surface area contributed by atoms with E-state index in [1.807, 2.05) is 24.3 Å². The molecule has 2 aromatic carbocycles. The third kappa shape index (κ3) is 7.70. The van der Waals surface area contributed by atoms with Crippen LogP contribution in [0.25, 0.3) is 0 Å². The van der Waals surface area contributed by atoms with E-state index in [0.29, 0.717) is 37.8 Å². The molecule has 2 rings (SSSR count). The predicted octanol–water partition coefficient (Wildman–Crippen LogP) is 4.94. The first-order chi connectivity index (χ1) is 15.2. The van der Waals surface area contributed by atoms with Gasteiger partial charge in [0.2, 0.25) is 11.8 Å². The number of carbonyl (C=O) groups is 2. The highest BCUT2D eigenvalue weighted by Gasteiger charge is 2.26. The summed E-state index contributed by atoms with van der Waals surface area (Å²) in [6.45, 7) is 11.2. The van der Waals surface area contributed by atoms with Crippen molar-refractivity contribution in [1.29, 1.82) is 0 Å². The average molecular weight is 439 g/mol. The van der Waals surface area contributed by atoms with Gasteiger partial charge in [-0.15, -0.1) is 0 Å². The van der Waals surface area contributed by atoms with Crippen molar-refractivity contribution < 1.29 is 14.3 Å². The molecule has 0 aliphatic rings. The molecule has 0 fully saturated rings. The van der Waals surface area contributed by atoms with Gasteiger partial charge in [-0.3, -0.25) is 9.59 Å². The molecule has 0 aliphatic heterocycles. The minimum Gasteiger partial charge on any atom is -0.497 e. The summed E-state index contributed by atoms with van der Waals surface area (Å²) in [6.07, 6.45) is 0.999. The van der Waals surface area contributed by atoms with Gasteiger partial charge < -0.3 is 15.0 Å². The van der Waals surface area contributed by atoms with Crippen LogP contribution in [0.5, 0.6) is 5.75 Å². The van der Waals surface area contributed by atoms with E-state index in [4.69, 9.17) is 4.74 Å². The summed E-state index contributed by atoms with van der Waals surface area (Å²) in [5, 5.41) is 2.96. The van der Waals surface area contributed by atoms with E-state index in [0.717, 1.165) is 16.9 Å². The molecule has 0 aliphatic carbocycles. The van der Waals surface area contributed by atoms with E-state index in [9.17, 15) is 9.59 Å². The molecule has 0 saturated carbocycles. The highest BCUT2D eigenvalue weighted by molar-refractivity contribution is 5.87. The fraction of sp³-hybridized carbons (Fsp3) is 0.481. The SMILES string of the molecule is COc1cccc(CN(C(=O)CCc2ccc(C(C)C)cc2)[C@H](C)C(=O)NCC(C)C)c1. The normalized spacial score (nSPS) is 12.0. The molecule has 5 heteroatoms. The molecule has 0 aromatic heterocycles. The van der Waals surface area contributed by atoms with Gasteiger partial charge in [0, 0.05) is 19.5 Å². The highest BCUT2D eigenvalue weighted by Crippen LogP contribution is 2.19. The second kappa shape index (κ2) is 12.3. The maximum atomic E-state index is 13.2. The number of nitrogens with zero attached hydrogens (tertiary/aromatic N) is 1. The van der Waals surface area contributed by atoms with Gasteiger partial charge in [0.15, 0.2) is 0 Å². The van der Waals surface area contributed by atoms with Gasteiger partial charge in [0.05, 0.1) is 7.11 Å². The van der Waals surface area contributed by atoms with Crippen LogP contribution >= 0.6 is 0 Å². The third-order valence-corrected chi connectivity index (χ3v) is 5.61. The van der Waals surface area contributed by atoms with Crippen LogP contribution in [0.2, 0.25) is 0 Å². The standard InChI is InChI=1S/C27H38N2O3/c1-19(2)17-28-27(31)21(5)29(18-23-8-7-9-25(16-23)32-6)26(30)15-12-22-10-13-24(14-11-22)20(3)4/h7-11,13-14,16,19-21H,12,15,17-18H2,1-6H3,(H,28,31)/t21-/m1/s1. The minimum atomic E-state index is -0.559. The maximum absolute atomic E-state index is 13.2. The zero-order valence-electron chi connectivity index (χ0n) is 20.4. The van der Waals surface area contributed by atoms with Gasteiger partial charge in [-0.1, -0.05) is 64.1 Å². The number of nitrogens with one attached hydrogen (secondary N) is 1. The van der Waals surface area contributed by atoms with E-state index in [1.165, 1.54) is 5.56 Å². The van der Waals surface area contributed by atoms with Crippen molar-refractivity contribution >= 4 is 11.8 Å². The Morgan fingerprint density at radius 2 is 1.66 bits per heavy atom. The van der Waals surface area contributed by atoms with E-state index in [-0.39, 0.29) is 11.8 Å². The Kier molecular flexibility index (Phi) is 9.76. The molecule has 0 spiro atoms. The Balaban J connectivity index is 2.13. The molecule has 0 unspecified atom stereocenters. The molecule has 5 nitrogen and oxygen atoms in total. The lowest BCUT2D eigenvalue weighted by molar-refractivity contribution is -0.140. The summed E-state index contributed by atoms with van der Waals surface area (Å²) in [4.78, 5) is 27.7. The van der Waals surface area contributed by atoms with Gasteiger partial charge in [0.1, 0.15) is 11.8 Å². The van der Waals surface area contributed by atoms with E-state index in [2.05, 4.69) is 57.3 Å². The molecule has 1 atom stereocenters. The Hall–Kier alpha value is -2.82. The zero-order valence-corrected chi connectivity index (χ0v) is 20.4. The van der Waals surface area contributed by atoms with Crippen LogP contribution < -0.4 is 10.1 Å². The van der Waals surface area contributed by atoms with Crippen molar-refractivity contribution in [2.24, 2.45) is 5.92 Å². The molecule has 0 radical (unpaired) electrons.